The summed E-state index contributed by atoms with van der Waals surface area (Å²) in [4.78, 5) is 0.879. The maximum Gasteiger partial charge on any atom is 0.0791 e. The van der Waals surface area contributed by atoms with Crippen molar-refractivity contribution >= 4 is 28.3 Å². The van der Waals surface area contributed by atoms with Crippen molar-refractivity contribution in [3.05, 3.63) is 127 Å². The van der Waals surface area contributed by atoms with Gasteiger partial charge in [0.15, 0.2) is 0 Å². The Morgan fingerprint density at radius 3 is 1.71 bits per heavy atom. The van der Waals surface area contributed by atoms with Crippen LogP contribution < -0.4 is 10.6 Å². The molecule has 3 atom stereocenters. The van der Waals surface area contributed by atoms with E-state index in [0.29, 0.717) is 12.2 Å². The first-order chi connectivity index (χ1) is 17.3. The third-order valence-electron chi connectivity index (χ3n) is 6.84. The number of nitrogens with zero attached hydrogens (tertiary/aromatic N) is 1. The van der Waals surface area contributed by atoms with E-state index < -0.39 is 17.7 Å². The predicted molar refractivity (Wildman–Crippen MR) is 151 cm³/mol. The lowest BCUT2D eigenvalue weighted by Crippen LogP contribution is -2.39. The van der Waals surface area contributed by atoms with Gasteiger partial charge < -0.3 is 0 Å². The van der Waals surface area contributed by atoms with Crippen LogP contribution in [0.3, 0.4) is 0 Å². The summed E-state index contributed by atoms with van der Waals surface area (Å²) >= 11 is 0. The molecular formula is C31H32NOPS. The van der Waals surface area contributed by atoms with Crippen LogP contribution in [0, 0.1) is 0 Å². The minimum Gasteiger partial charge on any atom is -0.244 e. The van der Waals surface area contributed by atoms with Crippen LogP contribution in [0.25, 0.3) is 0 Å². The molecule has 1 unspecified atom stereocenters. The third-order valence-corrected chi connectivity index (χ3v) is 12.9. The Balaban J connectivity index is 1.64. The van der Waals surface area contributed by atoms with Crippen LogP contribution >= 0.6 is 7.92 Å². The predicted octanol–water partition coefficient (Wildman–Crippen LogP) is 7.16. The molecule has 0 saturated heterocycles. The van der Waals surface area contributed by atoms with Crippen LogP contribution in [-0.4, -0.2) is 15.1 Å². The molecule has 0 N–H and O–H groups in total. The van der Waals surface area contributed by atoms with E-state index in [4.69, 9.17) is 4.36 Å². The normalized spacial score (nSPS) is 19.7. The van der Waals surface area contributed by atoms with Gasteiger partial charge in [0.2, 0.25) is 0 Å². The molecule has 0 bridgehead atoms. The van der Waals surface area contributed by atoms with Crippen LogP contribution in [0.15, 0.2) is 131 Å². The van der Waals surface area contributed by atoms with Crippen LogP contribution in [0.4, 0.5) is 0 Å². The Morgan fingerprint density at radius 2 is 1.14 bits per heavy atom. The Kier molecular flexibility index (Phi) is 7.76. The molecule has 0 radical (unpaired) electrons. The van der Waals surface area contributed by atoms with Gasteiger partial charge in [-0.1, -0.05) is 122 Å². The Bertz CT molecular complexity index is 1280. The summed E-state index contributed by atoms with van der Waals surface area (Å²) in [6.45, 7) is 0.479. The van der Waals surface area contributed by atoms with Crippen LogP contribution in [-0.2, 0) is 16.3 Å². The van der Waals surface area contributed by atoms with E-state index in [9.17, 15) is 0 Å². The first kappa shape index (κ1) is 24.0. The van der Waals surface area contributed by atoms with E-state index in [1.165, 1.54) is 17.0 Å². The van der Waals surface area contributed by atoms with E-state index in [-0.39, 0.29) is 5.25 Å². The summed E-state index contributed by atoms with van der Waals surface area (Å²) in [6.07, 6.45) is 4.33. The summed E-state index contributed by atoms with van der Waals surface area (Å²) in [5, 5.41) is 2.75. The van der Waals surface area contributed by atoms with Gasteiger partial charge in [-0.25, -0.2) is 8.57 Å². The third kappa shape index (κ3) is 5.42. The van der Waals surface area contributed by atoms with E-state index >= 15 is 4.21 Å². The van der Waals surface area contributed by atoms with Gasteiger partial charge >= 0.3 is 0 Å². The Morgan fingerprint density at radius 1 is 0.657 bits per heavy atom. The zero-order valence-corrected chi connectivity index (χ0v) is 21.7. The second-order valence-electron chi connectivity index (χ2n) is 9.09. The highest BCUT2D eigenvalue weighted by Crippen LogP contribution is 2.49. The van der Waals surface area contributed by atoms with Gasteiger partial charge in [-0.15, -0.1) is 0 Å². The summed E-state index contributed by atoms with van der Waals surface area (Å²) in [5.41, 5.74) is 1.42. The SMILES string of the molecule is O=S(=NCc1ccccc1)(c1ccccc1)[C@@H]1CCCC[C@H]1P(c1ccccc1)c1ccccc1. The molecule has 1 saturated carbocycles. The number of benzene rings is 4. The first-order valence-electron chi connectivity index (χ1n) is 12.5. The zero-order chi connectivity index (χ0) is 23.9. The average molecular weight is 498 g/mol. The van der Waals surface area contributed by atoms with E-state index in [1.807, 2.05) is 48.5 Å². The summed E-state index contributed by atoms with van der Waals surface area (Å²) in [6, 6.07) is 42.0. The Labute approximate surface area is 211 Å². The molecule has 5 rings (SSSR count). The molecule has 178 valence electrons. The quantitative estimate of drug-likeness (QED) is 0.249. The van der Waals surface area contributed by atoms with Crippen LogP contribution in [0.2, 0.25) is 0 Å². The van der Waals surface area contributed by atoms with Gasteiger partial charge in [0, 0.05) is 10.6 Å². The van der Waals surface area contributed by atoms with Gasteiger partial charge in [-0.05, 0) is 49.1 Å². The minimum absolute atomic E-state index is 0.0221. The minimum atomic E-state index is -2.64. The fourth-order valence-corrected chi connectivity index (χ4v) is 11.6. The van der Waals surface area contributed by atoms with Gasteiger partial charge in [0.1, 0.15) is 0 Å². The van der Waals surface area contributed by atoms with E-state index in [0.717, 1.165) is 29.7 Å². The van der Waals surface area contributed by atoms with Crippen LogP contribution in [0.1, 0.15) is 31.2 Å². The molecular weight excluding hydrogens is 465 g/mol. The van der Waals surface area contributed by atoms with Crippen molar-refractivity contribution in [1.29, 1.82) is 0 Å². The van der Waals surface area contributed by atoms with Gasteiger partial charge in [-0.2, -0.15) is 0 Å². The molecule has 35 heavy (non-hydrogen) atoms. The molecule has 0 amide bonds. The van der Waals surface area contributed by atoms with Crippen molar-refractivity contribution in [2.75, 3.05) is 0 Å². The lowest BCUT2D eigenvalue weighted by atomic mass is 9.99. The molecule has 0 aliphatic heterocycles. The van der Waals surface area contributed by atoms with E-state index in [1.54, 1.807) is 0 Å². The standard InChI is InChI=1S/C31H32NOPS/c33-35(29-21-11-4-12-22-29,32-25-26-15-5-1-6-16-26)31-24-14-13-23-30(31)34(27-17-7-2-8-18-27)28-19-9-3-10-20-28/h1-12,15-22,30-31H,13-14,23-25H2/t30-,31-,35?/m1/s1. The number of hydrogen-bond acceptors (Lipinski definition) is 2. The average Bonchev–Trinajstić information content (AvgIpc) is 2.94. The largest absolute Gasteiger partial charge is 0.244 e. The fourth-order valence-electron chi connectivity index (χ4n) is 5.17. The van der Waals surface area contributed by atoms with Gasteiger partial charge in [0.25, 0.3) is 0 Å². The smallest absolute Gasteiger partial charge is 0.0791 e. The number of rotatable bonds is 7. The van der Waals surface area contributed by atoms with E-state index in [2.05, 4.69) is 72.8 Å². The highest BCUT2D eigenvalue weighted by Gasteiger charge is 2.40. The summed E-state index contributed by atoms with van der Waals surface area (Å²) in [5.74, 6) is 0. The number of hydrogen-bond donors (Lipinski definition) is 0. The summed E-state index contributed by atoms with van der Waals surface area (Å²) < 4.78 is 20.2. The first-order valence-corrected chi connectivity index (χ1v) is 15.4. The maximum atomic E-state index is 15.1. The zero-order valence-electron chi connectivity index (χ0n) is 19.9. The summed E-state index contributed by atoms with van der Waals surface area (Å²) in [7, 11) is -3.30. The molecule has 2 nitrogen and oxygen atoms in total. The highest BCUT2D eigenvalue weighted by atomic mass is 32.2. The molecule has 0 aromatic heterocycles. The second kappa shape index (κ2) is 11.3. The molecule has 1 aliphatic carbocycles. The molecule has 4 heteroatoms. The van der Waals surface area contributed by atoms with Crippen molar-refractivity contribution in [3.8, 4) is 0 Å². The molecule has 1 aliphatic rings. The van der Waals surface area contributed by atoms with Crippen molar-refractivity contribution in [1.82, 2.24) is 0 Å². The molecule has 1 fully saturated rings. The maximum absolute atomic E-state index is 15.1. The lowest BCUT2D eigenvalue weighted by molar-refractivity contribution is 0.509. The van der Waals surface area contributed by atoms with Crippen molar-refractivity contribution in [2.45, 2.75) is 48.0 Å². The molecule has 0 spiro atoms. The fraction of sp³-hybridized carbons (Fsp3) is 0.226. The Hall–Kier alpha value is -2.74. The molecule has 0 heterocycles. The van der Waals surface area contributed by atoms with Crippen molar-refractivity contribution < 1.29 is 4.21 Å². The highest BCUT2D eigenvalue weighted by molar-refractivity contribution is 7.95. The molecule has 4 aromatic rings. The molecule has 4 aromatic carbocycles. The van der Waals surface area contributed by atoms with Crippen LogP contribution in [0.5, 0.6) is 0 Å². The topological polar surface area (TPSA) is 29.4 Å². The van der Waals surface area contributed by atoms with Gasteiger partial charge in [0.05, 0.1) is 21.5 Å². The van der Waals surface area contributed by atoms with Gasteiger partial charge in [-0.3, -0.25) is 0 Å². The van der Waals surface area contributed by atoms with Crippen molar-refractivity contribution in [2.24, 2.45) is 4.36 Å². The monoisotopic (exact) mass is 497 g/mol. The lowest BCUT2D eigenvalue weighted by Gasteiger charge is -2.39. The second-order valence-corrected chi connectivity index (χ2v) is 14.0. The van der Waals surface area contributed by atoms with Crippen molar-refractivity contribution in [3.63, 3.8) is 0 Å².